The Bertz CT molecular complexity index is 818. The van der Waals surface area contributed by atoms with Crippen LogP contribution in [0.15, 0.2) is 60.3 Å². The van der Waals surface area contributed by atoms with Crippen molar-refractivity contribution in [2.45, 2.75) is 26.3 Å². The Morgan fingerprint density at radius 2 is 1.88 bits per heavy atom. The number of carbonyl (C=O) groups excluding carboxylic acids is 1. The Hall–Kier alpha value is -3.26. The first-order valence-corrected chi connectivity index (χ1v) is 8.42. The molecule has 0 bridgehead atoms. The molecule has 0 saturated heterocycles. The first-order valence-electron chi connectivity index (χ1n) is 8.42. The highest BCUT2D eigenvalue weighted by molar-refractivity contribution is 6.06. The predicted molar refractivity (Wildman–Crippen MR) is 103 cm³/mol. The molecule has 0 radical (unpaired) electrons. The van der Waals surface area contributed by atoms with Gasteiger partial charge in [-0.3, -0.25) is 4.79 Å². The van der Waals surface area contributed by atoms with Crippen molar-refractivity contribution in [1.29, 1.82) is 5.26 Å². The van der Waals surface area contributed by atoms with Gasteiger partial charge < -0.3 is 15.4 Å². The molecule has 0 aliphatic heterocycles. The number of ether oxygens (including phenoxy) is 1. The summed E-state index contributed by atoms with van der Waals surface area (Å²) in [7, 11) is 1.62. The number of hydrogen-bond acceptors (Lipinski definition) is 4. The van der Waals surface area contributed by atoms with Crippen molar-refractivity contribution in [2.75, 3.05) is 12.4 Å². The van der Waals surface area contributed by atoms with E-state index >= 15 is 0 Å². The van der Waals surface area contributed by atoms with Gasteiger partial charge in [0.2, 0.25) is 0 Å². The lowest BCUT2D eigenvalue weighted by Gasteiger charge is -2.13. The molecule has 0 unspecified atom stereocenters. The first-order chi connectivity index (χ1) is 12.5. The SMILES string of the molecule is COc1ccc(CN/C=C(/C#N)C(=O)Nc2ccccc2C(C)C)cc1. The van der Waals surface area contributed by atoms with Gasteiger partial charge in [-0.05, 0) is 35.2 Å². The number of methoxy groups -OCH3 is 1. The first kappa shape index (κ1) is 19.1. The van der Waals surface area contributed by atoms with E-state index in [1.165, 1.54) is 6.20 Å². The molecule has 5 heteroatoms. The number of amides is 1. The van der Waals surface area contributed by atoms with Crippen LogP contribution in [-0.4, -0.2) is 13.0 Å². The van der Waals surface area contributed by atoms with Gasteiger partial charge in [-0.2, -0.15) is 5.26 Å². The topological polar surface area (TPSA) is 74.1 Å². The Morgan fingerprint density at radius 3 is 2.50 bits per heavy atom. The minimum Gasteiger partial charge on any atom is -0.497 e. The highest BCUT2D eigenvalue weighted by Crippen LogP contribution is 2.24. The molecule has 2 aromatic rings. The van der Waals surface area contributed by atoms with Crippen molar-refractivity contribution in [3.05, 3.63) is 71.4 Å². The summed E-state index contributed by atoms with van der Waals surface area (Å²) in [6.07, 6.45) is 1.44. The van der Waals surface area contributed by atoms with E-state index in [4.69, 9.17) is 4.74 Å². The molecule has 1 amide bonds. The quantitative estimate of drug-likeness (QED) is 0.586. The molecule has 0 saturated carbocycles. The summed E-state index contributed by atoms with van der Waals surface area (Å²) < 4.78 is 5.12. The van der Waals surface area contributed by atoms with Gasteiger partial charge in [0.25, 0.3) is 5.91 Å². The number of anilines is 1. The van der Waals surface area contributed by atoms with Crippen LogP contribution in [0.5, 0.6) is 5.75 Å². The zero-order valence-corrected chi connectivity index (χ0v) is 15.2. The van der Waals surface area contributed by atoms with E-state index in [1.807, 2.05) is 54.6 Å². The molecule has 0 fully saturated rings. The fourth-order valence-electron chi connectivity index (χ4n) is 2.47. The second kappa shape index (κ2) is 9.28. The van der Waals surface area contributed by atoms with Crippen LogP contribution < -0.4 is 15.4 Å². The highest BCUT2D eigenvalue weighted by Gasteiger charge is 2.12. The van der Waals surface area contributed by atoms with Crippen molar-refractivity contribution in [1.82, 2.24) is 5.32 Å². The van der Waals surface area contributed by atoms with Crippen LogP contribution in [0.4, 0.5) is 5.69 Å². The van der Waals surface area contributed by atoms with E-state index in [-0.39, 0.29) is 11.5 Å². The van der Waals surface area contributed by atoms with E-state index in [2.05, 4.69) is 24.5 Å². The molecular weight excluding hydrogens is 326 g/mol. The van der Waals surface area contributed by atoms with Crippen molar-refractivity contribution in [2.24, 2.45) is 0 Å². The molecule has 2 aromatic carbocycles. The van der Waals surface area contributed by atoms with Gasteiger partial charge >= 0.3 is 0 Å². The van der Waals surface area contributed by atoms with Gasteiger partial charge in [-0.25, -0.2) is 0 Å². The van der Waals surface area contributed by atoms with Gasteiger partial charge in [-0.15, -0.1) is 0 Å². The number of nitrogens with one attached hydrogen (secondary N) is 2. The standard InChI is InChI=1S/C21H23N3O2/c1-15(2)19-6-4-5-7-20(19)24-21(25)17(12-22)14-23-13-16-8-10-18(26-3)11-9-16/h4-11,14-15,23H,13H2,1-3H3,(H,24,25)/b17-14-. The number of benzene rings is 2. The molecule has 0 aliphatic carbocycles. The third kappa shape index (κ3) is 5.12. The number of nitriles is 1. The van der Waals surface area contributed by atoms with Crippen LogP contribution in [0.1, 0.15) is 30.9 Å². The van der Waals surface area contributed by atoms with E-state index in [9.17, 15) is 10.1 Å². The smallest absolute Gasteiger partial charge is 0.267 e. The van der Waals surface area contributed by atoms with Crippen molar-refractivity contribution < 1.29 is 9.53 Å². The number of carbonyl (C=O) groups is 1. The largest absolute Gasteiger partial charge is 0.497 e. The van der Waals surface area contributed by atoms with Gasteiger partial charge in [0.15, 0.2) is 0 Å². The Labute approximate surface area is 154 Å². The van der Waals surface area contributed by atoms with Gasteiger partial charge in [0.1, 0.15) is 17.4 Å². The van der Waals surface area contributed by atoms with Gasteiger partial charge in [0, 0.05) is 18.4 Å². The second-order valence-corrected chi connectivity index (χ2v) is 6.09. The minimum absolute atomic E-state index is 0.0251. The zero-order valence-electron chi connectivity index (χ0n) is 15.2. The average molecular weight is 349 g/mol. The number of rotatable bonds is 7. The molecule has 0 atom stereocenters. The van der Waals surface area contributed by atoms with Crippen molar-refractivity contribution >= 4 is 11.6 Å². The number of hydrogen-bond donors (Lipinski definition) is 2. The summed E-state index contributed by atoms with van der Waals surface area (Å²) in [5.74, 6) is 0.627. The lowest BCUT2D eigenvalue weighted by atomic mass is 10.0. The lowest BCUT2D eigenvalue weighted by molar-refractivity contribution is -0.112. The predicted octanol–water partition coefficient (Wildman–Crippen LogP) is 3.95. The summed E-state index contributed by atoms with van der Waals surface area (Å²) >= 11 is 0. The molecule has 2 rings (SSSR count). The fourth-order valence-corrected chi connectivity index (χ4v) is 2.47. The number of nitrogens with zero attached hydrogens (tertiary/aromatic N) is 1. The second-order valence-electron chi connectivity index (χ2n) is 6.09. The van der Waals surface area contributed by atoms with E-state index in [0.29, 0.717) is 6.54 Å². The molecule has 134 valence electrons. The third-order valence-electron chi connectivity index (χ3n) is 3.91. The van der Waals surface area contributed by atoms with Crippen LogP contribution in [-0.2, 0) is 11.3 Å². The Balaban J connectivity index is 2.01. The van der Waals surface area contributed by atoms with Crippen molar-refractivity contribution in [3.63, 3.8) is 0 Å². The van der Waals surface area contributed by atoms with Gasteiger partial charge in [-0.1, -0.05) is 44.2 Å². The van der Waals surface area contributed by atoms with E-state index in [1.54, 1.807) is 7.11 Å². The zero-order chi connectivity index (χ0) is 18.9. The number of para-hydroxylation sites is 1. The molecule has 5 nitrogen and oxygen atoms in total. The molecule has 0 aliphatic rings. The third-order valence-corrected chi connectivity index (χ3v) is 3.91. The fraction of sp³-hybridized carbons (Fsp3) is 0.238. The molecule has 2 N–H and O–H groups in total. The van der Waals surface area contributed by atoms with E-state index < -0.39 is 5.91 Å². The molecule has 0 spiro atoms. The summed E-state index contributed by atoms with van der Waals surface area (Å²) in [6, 6.07) is 17.1. The highest BCUT2D eigenvalue weighted by atomic mass is 16.5. The molecular formula is C21H23N3O2. The van der Waals surface area contributed by atoms with Gasteiger partial charge in [0.05, 0.1) is 7.11 Å². The maximum absolute atomic E-state index is 12.4. The van der Waals surface area contributed by atoms with Crippen LogP contribution >= 0.6 is 0 Å². The van der Waals surface area contributed by atoms with Crippen LogP contribution in [0.2, 0.25) is 0 Å². The summed E-state index contributed by atoms with van der Waals surface area (Å²) in [5.41, 5.74) is 2.80. The average Bonchev–Trinajstić information content (AvgIpc) is 2.66. The Kier molecular flexibility index (Phi) is 6.81. The van der Waals surface area contributed by atoms with Crippen molar-refractivity contribution in [3.8, 4) is 11.8 Å². The lowest BCUT2D eigenvalue weighted by Crippen LogP contribution is -2.17. The maximum Gasteiger partial charge on any atom is 0.267 e. The normalized spacial score (nSPS) is 11.0. The maximum atomic E-state index is 12.4. The Morgan fingerprint density at radius 1 is 1.19 bits per heavy atom. The van der Waals surface area contributed by atoms with Crippen LogP contribution in [0.25, 0.3) is 0 Å². The van der Waals surface area contributed by atoms with Crippen LogP contribution in [0, 0.1) is 11.3 Å². The monoisotopic (exact) mass is 349 g/mol. The van der Waals surface area contributed by atoms with Crippen LogP contribution in [0.3, 0.4) is 0 Å². The van der Waals surface area contributed by atoms with E-state index in [0.717, 1.165) is 22.6 Å². The summed E-state index contributed by atoms with van der Waals surface area (Å²) in [5, 5.41) is 15.1. The summed E-state index contributed by atoms with van der Waals surface area (Å²) in [4.78, 5) is 12.4. The minimum atomic E-state index is -0.428. The summed E-state index contributed by atoms with van der Waals surface area (Å²) in [6.45, 7) is 4.62. The molecule has 0 aromatic heterocycles. The molecule has 26 heavy (non-hydrogen) atoms. The molecule has 0 heterocycles.